The minimum absolute atomic E-state index is 0.0416. The third kappa shape index (κ3) is 3.09. The number of carbonyl (C=O) groups excluding carboxylic acids is 1. The maximum absolute atomic E-state index is 12.5. The molecule has 3 rings (SSSR count). The lowest BCUT2D eigenvalue weighted by Gasteiger charge is -2.00. The average molecular weight is 447 g/mol. The molecule has 6 heteroatoms. The van der Waals surface area contributed by atoms with E-state index in [2.05, 4.69) is 22.0 Å². The first kappa shape index (κ1) is 15.2. The van der Waals surface area contributed by atoms with Crippen molar-refractivity contribution in [3.63, 3.8) is 0 Å². The third-order valence-corrected chi connectivity index (χ3v) is 5.63. The minimum atomic E-state index is -0.0416. The fraction of sp³-hybridized carbons (Fsp3) is 0. The first-order valence-electron chi connectivity index (χ1n) is 6.05. The van der Waals surface area contributed by atoms with Gasteiger partial charge in [-0.1, -0.05) is 41.9 Å². The van der Waals surface area contributed by atoms with Crippen molar-refractivity contribution in [1.82, 2.24) is 0 Å². The Balaban J connectivity index is 2.07. The van der Waals surface area contributed by atoms with E-state index >= 15 is 0 Å². The van der Waals surface area contributed by atoms with E-state index < -0.39 is 0 Å². The van der Waals surface area contributed by atoms with E-state index in [1.165, 1.54) is 11.3 Å². The smallest absolute Gasteiger partial charge is 0.204 e. The lowest BCUT2D eigenvalue weighted by Crippen LogP contribution is -1.98. The van der Waals surface area contributed by atoms with E-state index in [0.29, 0.717) is 21.9 Å². The van der Waals surface area contributed by atoms with E-state index in [4.69, 9.17) is 16.1 Å². The molecule has 2 nitrogen and oxygen atoms in total. The number of halogens is 2. The molecule has 0 spiro atoms. The molecule has 2 aromatic carbocycles. The van der Waals surface area contributed by atoms with Crippen LogP contribution in [0.4, 0.5) is 0 Å². The van der Waals surface area contributed by atoms with Gasteiger partial charge in [-0.3, -0.25) is 4.79 Å². The molecule has 0 saturated carbocycles. The molecule has 1 atom stereocenters. The highest BCUT2D eigenvalue weighted by Crippen LogP contribution is 2.39. The standard InChI is InChI=1S/C15H9ClIO2PS/c16-13-11-7-6-10(19-20-17)8-12(11)21-15(13)14(18)9-4-2-1-3-5-9/h1-8,20H. The highest BCUT2D eigenvalue weighted by Gasteiger charge is 2.18. The van der Waals surface area contributed by atoms with Crippen LogP contribution < -0.4 is 4.52 Å². The molecule has 0 aliphatic rings. The van der Waals surface area contributed by atoms with Crippen molar-refractivity contribution >= 4 is 67.3 Å². The Bertz CT molecular complexity index is 804. The minimum Gasteiger partial charge on any atom is -0.467 e. The van der Waals surface area contributed by atoms with Crippen molar-refractivity contribution in [2.75, 3.05) is 0 Å². The van der Waals surface area contributed by atoms with Gasteiger partial charge in [-0.25, -0.2) is 0 Å². The second-order valence-electron chi connectivity index (χ2n) is 4.28. The van der Waals surface area contributed by atoms with Crippen molar-refractivity contribution in [2.24, 2.45) is 0 Å². The van der Waals surface area contributed by atoms with Gasteiger partial charge in [0, 0.05) is 15.6 Å². The normalized spacial score (nSPS) is 11.3. The SMILES string of the molecule is O=C(c1ccccc1)c1sc2cc(OPI)ccc2c1Cl. The molecule has 0 amide bonds. The van der Waals surface area contributed by atoms with Crippen LogP contribution in [0.1, 0.15) is 15.2 Å². The predicted molar refractivity (Wildman–Crippen MR) is 99.7 cm³/mol. The Kier molecular flexibility index (Phi) is 4.79. The summed E-state index contributed by atoms with van der Waals surface area (Å²) in [6.45, 7) is 0.358. The van der Waals surface area contributed by atoms with Gasteiger partial charge in [0.1, 0.15) is 12.2 Å². The zero-order chi connectivity index (χ0) is 14.8. The number of hydrogen-bond donors (Lipinski definition) is 0. The summed E-state index contributed by atoms with van der Waals surface area (Å²) in [6, 6.07) is 14.9. The molecule has 0 bridgehead atoms. The highest BCUT2D eigenvalue weighted by molar-refractivity contribution is 14.2. The topological polar surface area (TPSA) is 26.3 Å². The van der Waals surface area contributed by atoms with Crippen LogP contribution >= 0.6 is 51.4 Å². The van der Waals surface area contributed by atoms with Gasteiger partial charge >= 0.3 is 0 Å². The van der Waals surface area contributed by atoms with E-state index in [9.17, 15) is 4.79 Å². The van der Waals surface area contributed by atoms with Gasteiger partial charge in [0.25, 0.3) is 0 Å². The van der Waals surface area contributed by atoms with E-state index in [0.717, 1.165) is 15.8 Å². The van der Waals surface area contributed by atoms with Crippen molar-refractivity contribution < 1.29 is 9.32 Å². The van der Waals surface area contributed by atoms with Crippen molar-refractivity contribution in [1.29, 1.82) is 0 Å². The maximum atomic E-state index is 12.5. The Labute approximate surface area is 145 Å². The molecule has 21 heavy (non-hydrogen) atoms. The molecular weight excluding hydrogens is 438 g/mol. The quantitative estimate of drug-likeness (QED) is 0.275. The van der Waals surface area contributed by atoms with Crippen LogP contribution in [0, 0.1) is 0 Å². The van der Waals surface area contributed by atoms with Crippen LogP contribution in [-0.2, 0) is 0 Å². The molecule has 0 saturated heterocycles. The van der Waals surface area contributed by atoms with Gasteiger partial charge in [-0.2, -0.15) is 0 Å². The number of fused-ring (bicyclic) bond motifs is 1. The molecule has 1 unspecified atom stereocenters. The van der Waals surface area contributed by atoms with E-state index in [1.807, 2.05) is 36.4 Å². The molecule has 1 heterocycles. The van der Waals surface area contributed by atoms with E-state index in [1.54, 1.807) is 12.1 Å². The first-order chi connectivity index (χ1) is 10.2. The summed E-state index contributed by atoms with van der Waals surface area (Å²) < 4.78 is 6.47. The van der Waals surface area contributed by atoms with Gasteiger partial charge in [-0.15, -0.1) is 11.3 Å². The Morgan fingerprint density at radius 1 is 1.19 bits per heavy atom. The molecule has 0 radical (unpaired) electrons. The van der Waals surface area contributed by atoms with Crippen LogP contribution in [-0.4, -0.2) is 5.78 Å². The van der Waals surface area contributed by atoms with Gasteiger partial charge in [0.2, 0.25) is 5.78 Å². The fourth-order valence-corrected chi connectivity index (χ4v) is 4.51. The lowest BCUT2D eigenvalue weighted by molar-refractivity contribution is 0.104. The summed E-state index contributed by atoms with van der Waals surface area (Å²) >= 11 is 9.96. The molecule has 0 N–H and O–H groups in total. The van der Waals surface area contributed by atoms with Crippen LogP contribution in [0.25, 0.3) is 10.1 Å². The van der Waals surface area contributed by atoms with Gasteiger partial charge in [-0.05, 0) is 40.2 Å². The molecule has 3 aromatic rings. The average Bonchev–Trinajstić information content (AvgIpc) is 2.84. The summed E-state index contributed by atoms with van der Waals surface area (Å²) in [5, 5.41) is 1.41. The second kappa shape index (κ2) is 6.61. The lowest BCUT2D eigenvalue weighted by atomic mass is 10.1. The van der Waals surface area contributed by atoms with Crippen molar-refractivity contribution in [2.45, 2.75) is 0 Å². The molecule has 106 valence electrons. The van der Waals surface area contributed by atoms with Crippen LogP contribution in [0.15, 0.2) is 48.5 Å². The Morgan fingerprint density at radius 3 is 2.67 bits per heavy atom. The molecular formula is C15H9ClIO2PS. The first-order valence-corrected chi connectivity index (χ1v) is 11.3. The number of thiophene rings is 1. The number of benzene rings is 2. The molecule has 0 fully saturated rings. The molecule has 1 aromatic heterocycles. The zero-order valence-corrected chi connectivity index (χ0v) is 15.3. The number of rotatable bonds is 4. The summed E-state index contributed by atoms with van der Waals surface area (Å²) in [4.78, 5) is 13.1. The third-order valence-electron chi connectivity index (χ3n) is 3.00. The Hall–Kier alpha value is -0.680. The number of carbonyl (C=O) groups is 1. The van der Waals surface area contributed by atoms with E-state index in [-0.39, 0.29) is 5.78 Å². The van der Waals surface area contributed by atoms with Crippen molar-refractivity contribution in [3.05, 3.63) is 64.0 Å². The highest BCUT2D eigenvalue weighted by atomic mass is 127. The molecule has 0 aliphatic heterocycles. The summed E-state index contributed by atoms with van der Waals surface area (Å²) in [5.41, 5.74) is 0.649. The van der Waals surface area contributed by atoms with Crippen LogP contribution in [0.5, 0.6) is 5.75 Å². The largest absolute Gasteiger partial charge is 0.467 e. The fourth-order valence-electron chi connectivity index (χ4n) is 2.02. The van der Waals surface area contributed by atoms with Crippen LogP contribution in [0.3, 0.4) is 0 Å². The Morgan fingerprint density at radius 2 is 1.95 bits per heavy atom. The number of hydrogen-bond acceptors (Lipinski definition) is 3. The van der Waals surface area contributed by atoms with Gasteiger partial charge in [0.05, 0.1) is 9.90 Å². The monoisotopic (exact) mass is 446 g/mol. The summed E-state index contributed by atoms with van der Waals surface area (Å²) in [7, 11) is 0. The number of ketones is 1. The second-order valence-corrected chi connectivity index (χ2v) is 7.39. The van der Waals surface area contributed by atoms with Gasteiger partial charge < -0.3 is 4.52 Å². The maximum Gasteiger partial charge on any atom is 0.204 e. The predicted octanol–water partition coefficient (Wildman–Crippen LogP) is 6.11. The van der Waals surface area contributed by atoms with Crippen molar-refractivity contribution in [3.8, 4) is 5.75 Å². The zero-order valence-electron chi connectivity index (χ0n) is 10.6. The van der Waals surface area contributed by atoms with Crippen LogP contribution in [0.2, 0.25) is 5.02 Å². The summed E-state index contributed by atoms with van der Waals surface area (Å²) in [6.07, 6.45) is 0. The van der Waals surface area contributed by atoms with Gasteiger partial charge in [0.15, 0.2) is 0 Å². The summed E-state index contributed by atoms with van der Waals surface area (Å²) in [5.74, 6) is 0.756. The molecule has 0 aliphatic carbocycles.